The molecule has 0 saturated carbocycles. The number of carbonyl (C=O) groups is 1. The van der Waals surface area contributed by atoms with Gasteiger partial charge in [0.1, 0.15) is 0 Å². The maximum Gasteiger partial charge on any atom is 0.253 e. The van der Waals surface area contributed by atoms with Crippen molar-refractivity contribution < 1.29 is 4.79 Å². The van der Waals surface area contributed by atoms with Crippen LogP contribution in [0, 0.1) is 6.92 Å². The molecule has 1 aromatic carbocycles. The highest BCUT2D eigenvalue weighted by molar-refractivity contribution is 5.94. The van der Waals surface area contributed by atoms with E-state index in [1.54, 1.807) is 0 Å². The summed E-state index contributed by atoms with van der Waals surface area (Å²) in [6.45, 7) is 5.00. The third-order valence-electron chi connectivity index (χ3n) is 3.63. The lowest BCUT2D eigenvalue weighted by molar-refractivity contribution is 0.0560. The highest BCUT2D eigenvalue weighted by atomic mass is 16.2. The van der Waals surface area contributed by atoms with Gasteiger partial charge in [-0.05, 0) is 26.1 Å². The van der Waals surface area contributed by atoms with E-state index in [4.69, 9.17) is 5.73 Å². The minimum Gasteiger partial charge on any atom is -0.336 e. The number of carbonyl (C=O) groups excluding carboxylic acids is 1. The van der Waals surface area contributed by atoms with Crippen molar-refractivity contribution in [1.82, 2.24) is 9.80 Å². The van der Waals surface area contributed by atoms with E-state index in [0.717, 1.165) is 25.2 Å². The van der Waals surface area contributed by atoms with Gasteiger partial charge in [-0.15, -0.1) is 0 Å². The fourth-order valence-corrected chi connectivity index (χ4v) is 2.26. The van der Waals surface area contributed by atoms with Crippen molar-refractivity contribution in [3.8, 4) is 0 Å². The molecule has 18 heavy (non-hydrogen) atoms. The van der Waals surface area contributed by atoms with E-state index in [2.05, 4.69) is 11.9 Å². The number of nitrogens with two attached hydrogens (primary N) is 1. The van der Waals surface area contributed by atoms with Crippen molar-refractivity contribution in [2.45, 2.75) is 13.0 Å². The van der Waals surface area contributed by atoms with E-state index >= 15 is 0 Å². The lowest BCUT2D eigenvalue weighted by atomic mass is 10.1. The first-order valence-electron chi connectivity index (χ1n) is 6.38. The topological polar surface area (TPSA) is 49.6 Å². The van der Waals surface area contributed by atoms with Gasteiger partial charge in [-0.25, -0.2) is 0 Å². The van der Waals surface area contributed by atoms with Crippen LogP contribution in [0.25, 0.3) is 0 Å². The van der Waals surface area contributed by atoms with Gasteiger partial charge >= 0.3 is 0 Å². The van der Waals surface area contributed by atoms with E-state index in [0.29, 0.717) is 6.54 Å². The standard InChI is InChI=1S/C14H21N3O/c1-11-3-5-12(6-4-11)14(18)17-8-7-16(2)13(9-15)10-17/h3-6,13H,7-10,15H2,1-2H3. The maximum absolute atomic E-state index is 12.3. The molecule has 1 aromatic rings. The zero-order chi connectivity index (χ0) is 13.1. The summed E-state index contributed by atoms with van der Waals surface area (Å²) >= 11 is 0. The molecule has 1 fully saturated rings. The average Bonchev–Trinajstić information content (AvgIpc) is 2.39. The van der Waals surface area contributed by atoms with Crippen molar-refractivity contribution in [2.75, 3.05) is 33.2 Å². The summed E-state index contributed by atoms with van der Waals surface area (Å²) in [6.07, 6.45) is 0. The average molecular weight is 247 g/mol. The second kappa shape index (κ2) is 5.50. The molecule has 2 N–H and O–H groups in total. The largest absolute Gasteiger partial charge is 0.336 e. The molecule has 1 aliphatic heterocycles. The van der Waals surface area contributed by atoms with Gasteiger partial charge in [-0.1, -0.05) is 17.7 Å². The third-order valence-corrected chi connectivity index (χ3v) is 3.63. The fourth-order valence-electron chi connectivity index (χ4n) is 2.26. The maximum atomic E-state index is 12.3. The van der Waals surface area contributed by atoms with E-state index in [1.165, 1.54) is 5.56 Å². The van der Waals surface area contributed by atoms with Gasteiger partial charge in [-0.2, -0.15) is 0 Å². The Labute approximate surface area is 108 Å². The normalized spacial score (nSPS) is 21.1. The van der Waals surface area contributed by atoms with E-state index in [9.17, 15) is 4.79 Å². The summed E-state index contributed by atoms with van der Waals surface area (Å²) in [5, 5.41) is 0. The van der Waals surface area contributed by atoms with Gasteiger partial charge in [0.05, 0.1) is 0 Å². The molecular formula is C14H21N3O. The quantitative estimate of drug-likeness (QED) is 0.837. The van der Waals surface area contributed by atoms with Gasteiger partial charge in [0.25, 0.3) is 5.91 Å². The van der Waals surface area contributed by atoms with Crippen LogP contribution in [0.15, 0.2) is 24.3 Å². The second-order valence-corrected chi connectivity index (χ2v) is 4.99. The van der Waals surface area contributed by atoms with Gasteiger partial charge in [-0.3, -0.25) is 9.69 Å². The van der Waals surface area contributed by atoms with E-state index in [-0.39, 0.29) is 11.9 Å². The minimum atomic E-state index is 0.113. The van der Waals surface area contributed by atoms with Crippen molar-refractivity contribution in [2.24, 2.45) is 5.73 Å². The SMILES string of the molecule is Cc1ccc(C(=O)N2CCN(C)C(CN)C2)cc1. The zero-order valence-electron chi connectivity index (χ0n) is 11.1. The predicted octanol–water partition coefficient (Wildman–Crippen LogP) is 0.710. The Morgan fingerprint density at radius 2 is 2.00 bits per heavy atom. The Balaban J connectivity index is 2.07. The van der Waals surface area contributed by atoms with Crippen LogP contribution in [0.4, 0.5) is 0 Å². The molecule has 1 unspecified atom stereocenters. The molecule has 1 saturated heterocycles. The Morgan fingerprint density at radius 1 is 1.33 bits per heavy atom. The number of nitrogens with zero attached hydrogens (tertiary/aromatic N) is 2. The Kier molecular flexibility index (Phi) is 3.99. The number of aryl methyl sites for hydroxylation is 1. The summed E-state index contributed by atoms with van der Waals surface area (Å²) in [7, 11) is 2.06. The smallest absolute Gasteiger partial charge is 0.253 e. The summed E-state index contributed by atoms with van der Waals surface area (Å²) in [4.78, 5) is 16.5. The molecule has 1 aliphatic rings. The van der Waals surface area contributed by atoms with Crippen molar-refractivity contribution in [3.63, 3.8) is 0 Å². The van der Waals surface area contributed by atoms with Gasteiger partial charge in [0.2, 0.25) is 0 Å². The lowest BCUT2D eigenvalue weighted by Crippen LogP contribution is -2.55. The number of amides is 1. The summed E-state index contributed by atoms with van der Waals surface area (Å²) in [5.74, 6) is 0.113. The molecule has 0 radical (unpaired) electrons. The van der Waals surface area contributed by atoms with Gasteiger partial charge in [0, 0.05) is 37.8 Å². The highest BCUT2D eigenvalue weighted by Crippen LogP contribution is 2.12. The van der Waals surface area contributed by atoms with Crippen LogP contribution in [0.1, 0.15) is 15.9 Å². The van der Waals surface area contributed by atoms with Crippen LogP contribution >= 0.6 is 0 Å². The summed E-state index contributed by atoms with van der Waals surface area (Å²) in [6, 6.07) is 8.02. The van der Waals surface area contributed by atoms with Crippen LogP contribution in [-0.4, -0.2) is 55.0 Å². The molecule has 1 atom stereocenters. The molecule has 4 heteroatoms. The summed E-state index contributed by atoms with van der Waals surface area (Å²) < 4.78 is 0. The van der Waals surface area contributed by atoms with Crippen LogP contribution in [0.2, 0.25) is 0 Å². The molecule has 0 aliphatic carbocycles. The molecule has 1 heterocycles. The zero-order valence-corrected chi connectivity index (χ0v) is 11.1. The van der Waals surface area contributed by atoms with E-state index in [1.807, 2.05) is 36.1 Å². The first-order valence-corrected chi connectivity index (χ1v) is 6.38. The van der Waals surface area contributed by atoms with E-state index < -0.39 is 0 Å². The molecule has 98 valence electrons. The Morgan fingerprint density at radius 3 is 2.61 bits per heavy atom. The van der Waals surface area contributed by atoms with Crippen molar-refractivity contribution >= 4 is 5.91 Å². The number of benzene rings is 1. The van der Waals surface area contributed by atoms with Gasteiger partial charge in [0.15, 0.2) is 0 Å². The molecular weight excluding hydrogens is 226 g/mol. The first kappa shape index (κ1) is 13.1. The molecule has 1 amide bonds. The van der Waals surface area contributed by atoms with Crippen LogP contribution in [-0.2, 0) is 0 Å². The third kappa shape index (κ3) is 2.71. The Hall–Kier alpha value is -1.39. The molecule has 0 spiro atoms. The predicted molar refractivity (Wildman–Crippen MR) is 72.6 cm³/mol. The molecule has 0 aromatic heterocycles. The summed E-state index contributed by atoms with van der Waals surface area (Å²) in [5.41, 5.74) is 7.67. The van der Waals surface area contributed by atoms with Gasteiger partial charge < -0.3 is 10.6 Å². The number of hydrogen-bond acceptors (Lipinski definition) is 3. The van der Waals surface area contributed by atoms with Crippen LogP contribution < -0.4 is 5.73 Å². The van der Waals surface area contributed by atoms with Crippen LogP contribution in [0.3, 0.4) is 0 Å². The number of likely N-dealkylation sites (N-methyl/N-ethyl adjacent to an activating group) is 1. The number of rotatable bonds is 2. The molecule has 0 bridgehead atoms. The fraction of sp³-hybridized carbons (Fsp3) is 0.500. The van der Waals surface area contributed by atoms with Crippen molar-refractivity contribution in [1.29, 1.82) is 0 Å². The monoisotopic (exact) mass is 247 g/mol. The minimum absolute atomic E-state index is 0.113. The molecule has 2 rings (SSSR count). The lowest BCUT2D eigenvalue weighted by Gasteiger charge is -2.39. The number of piperazine rings is 1. The highest BCUT2D eigenvalue weighted by Gasteiger charge is 2.26. The molecule has 4 nitrogen and oxygen atoms in total. The Bertz CT molecular complexity index is 416. The number of hydrogen-bond donors (Lipinski definition) is 1. The first-order chi connectivity index (χ1) is 8.61. The second-order valence-electron chi connectivity index (χ2n) is 4.99. The van der Waals surface area contributed by atoms with Crippen LogP contribution in [0.5, 0.6) is 0 Å². The van der Waals surface area contributed by atoms with Crippen molar-refractivity contribution in [3.05, 3.63) is 35.4 Å².